The fourth-order valence-electron chi connectivity index (χ4n) is 3.44. The monoisotopic (exact) mass is 474 g/mol. The Bertz CT molecular complexity index is 875. The average molecular weight is 475 g/mol. The fourth-order valence-corrected chi connectivity index (χ4v) is 3.67. The SMILES string of the molecule is CCNC(=O)[C@H](CC)N(Cc1cccc(C)c1)C(=O)COc1cc(C)c(Br)c(C)c1. The first-order valence-electron chi connectivity index (χ1n) is 10.3. The van der Waals surface area contributed by atoms with Gasteiger partial charge in [0.1, 0.15) is 11.8 Å². The number of ether oxygens (including phenoxy) is 1. The summed E-state index contributed by atoms with van der Waals surface area (Å²) in [7, 11) is 0. The number of carbonyl (C=O) groups is 2. The maximum atomic E-state index is 13.2. The summed E-state index contributed by atoms with van der Waals surface area (Å²) in [6, 6.07) is 11.2. The van der Waals surface area contributed by atoms with Crippen molar-refractivity contribution < 1.29 is 14.3 Å². The Balaban J connectivity index is 2.23. The highest BCUT2D eigenvalue weighted by atomic mass is 79.9. The highest BCUT2D eigenvalue weighted by Crippen LogP contribution is 2.26. The molecule has 2 aromatic carbocycles. The van der Waals surface area contributed by atoms with Crippen molar-refractivity contribution in [1.29, 1.82) is 0 Å². The number of hydrogen-bond acceptors (Lipinski definition) is 3. The highest BCUT2D eigenvalue weighted by Gasteiger charge is 2.28. The van der Waals surface area contributed by atoms with Gasteiger partial charge in [-0.25, -0.2) is 0 Å². The normalized spacial score (nSPS) is 11.7. The number of amides is 2. The summed E-state index contributed by atoms with van der Waals surface area (Å²) in [4.78, 5) is 27.4. The van der Waals surface area contributed by atoms with Gasteiger partial charge in [0.05, 0.1) is 0 Å². The molecule has 2 amide bonds. The molecule has 2 aromatic rings. The minimum Gasteiger partial charge on any atom is -0.484 e. The first kappa shape index (κ1) is 23.9. The van der Waals surface area contributed by atoms with E-state index < -0.39 is 6.04 Å². The minimum atomic E-state index is -0.546. The van der Waals surface area contributed by atoms with E-state index in [0.717, 1.165) is 26.7 Å². The predicted octanol–water partition coefficient (Wildman–Crippen LogP) is 4.70. The van der Waals surface area contributed by atoms with Crippen LogP contribution in [0.5, 0.6) is 5.75 Å². The summed E-state index contributed by atoms with van der Waals surface area (Å²) >= 11 is 3.54. The van der Waals surface area contributed by atoms with Gasteiger partial charge >= 0.3 is 0 Å². The second-order valence-corrected chi connectivity index (χ2v) is 8.28. The van der Waals surface area contributed by atoms with Crippen LogP contribution in [0.3, 0.4) is 0 Å². The van der Waals surface area contributed by atoms with Crippen LogP contribution >= 0.6 is 15.9 Å². The van der Waals surface area contributed by atoms with Crippen LogP contribution < -0.4 is 10.1 Å². The third-order valence-electron chi connectivity index (χ3n) is 4.94. The summed E-state index contributed by atoms with van der Waals surface area (Å²) in [6.07, 6.45) is 0.528. The fraction of sp³-hybridized carbons (Fsp3) is 0.417. The number of carbonyl (C=O) groups excluding carboxylic acids is 2. The largest absolute Gasteiger partial charge is 0.484 e. The molecule has 0 spiro atoms. The van der Waals surface area contributed by atoms with Crippen LogP contribution in [-0.2, 0) is 16.1 Å². The van der Waals surface area contributed by atoms with Crippen LogP contribution in [0, 0.1) is 20.8 Å². The topological polar surface area (TPSA) is 58.6 Å². The lowest BCUT2D eigenvalue weighted by molar-refractivity contribution is -0.142. The van der Waals surface area contributed by atoms with Crippen molar-refractivity contribution in [2.24, 2.45) is 0 Å². The molecule has 0 saturated carbocycles. The molecule has 0 fully saturated rings. The van der Waals surface area contributed by atoms with Crippen molar-refractivity contribution in [3.8, 4) is 5.75 Å². The number of likely N-dealkylation sites (N-methyl/N-ethyl adjacent to an activating group) is 1. The van der Waals surface area contributed by atoms with Crippen LogP contribution in [-0.4, -0.2) is 35.9 Å². The number of nitrogens with zero attached hydrogens (tertiary/aromatic N) is 1. The van der Waals surface area contributed by atoms with Gasteiger partial charge in [-0.15, -0.1) is 0 Å². The van der Waals surface area contributed by atoms with Gasteiger partial charge in [0.25, 0.3) is 5.91 Å². The molecule has 162 valence electrons. The van der Waals surface area contributed by atoms with Gasteiger partial charge in [-0.2, -0.15) is 0 Å². The first-order valence-corrected chi connectivity index (χ1v) is 11.1. The summed E-state index contributed by atoms with van der Waals surface area (Å²) in [6.45, 7) is 10.5. The Labute approximate surface area is 187 Å². The van der Waals surface area contributed by atoms with Crippen LogP contribution in [0.15, 0.2) is 40.9 Å². The number of aryl methyl sites for hydroxylation is 3. The van der Waals surface area contributed by atoms with Gasteiger partial charge in [-0.3, -0.25) is 9.59 Å². The molecular formula is C24H31BrN2O3. The van der Waals surface area contributed by atoms with Gasteiger partial charge in [-0.05, 0) is 62.9 Å². The molecule has 0 aliphatic rings. The zero-order valence-corrected chi connectivity index (χ0v) is 20.0. The van der Waals surface area contributed by atoms with E-state index in [2.05, 4.69) is 21.2 Å². The number of rotatable bonds is 9. The van der Waals surface area contributed by atoms with E-state index in [-0.39, 0.29) is 18.4 Å². The van der Waals surface area contributed by atoms with E-state index in [0.29, 0.717) is 25.3 Å². The Morgan fingerprint density at radius 1 is 1.10 bits per heavy atom. The molecule has 0 radical (unpaired) electrons. The molecule has 5 nitrogen and oxygen atoms in total. The maximum Gasteiger partial charge on any atom is 0.261 e. The van der Waals surface area contributed by atoms with Gasteiger partial charge < -0.3 is 15.0 Å². The molecule has 1 N–H and O–H groups in total. The number of nitrogens with one attached hydrogen (secondary N) is 1. The summed E-state index contributed by atoms with van der Waals surface area (Å²) in [5, 5.41) is 2.85. The smallest absolute Gasteiger partial charge is 0.261 e. The van der Waals surface area contributed by atoms with Crippen molar-refractivity contribution in [2.75, 3.05) is 13.2 Å². The highest BCUT2D eigenvalue weighted by molar-refractivity contribution is 9.10. The summed E-state index contributed by atoms with van der Waals surface area (Å²) < 4.78 is 6.85. The molecule has 0 aliphatic carbocycles. The first-order chi connectivity index (χ1) is 14.3. The molecular weight excluding hydrogens is 444 g/mol. The Morgan fingerprint density at radius 3 is 2.33 bits per heavy atom. The molecule has 2 rings (SSSR count). The lowest BCUT2D eigenvalue weighted by Crippen LogP contribution is -2.50. The molecule has 0 unspecified atom stereocenters. The predicted molar refractivity (Wildman–Crippen MR) is 124 cm³/mol. The van der Waals surface area contributed by atoms with Crippen molar-refractivity contribution >= 4 is 27.7 Å². The van der Waals surface area contributed by atoms with Gasteiger partial charge in [-0.1, -0.05) is 52.7 Å². The molecule has 0 aliphatic heterocycles. The van der Waals surface area contributed by atoms with Gasteiger partial charge in [0, 0.05) is 17.6 Å². The Kier molecular flexibility index (Phi) is 8.90. The summed E-state index contributed by atoms with van der Waals surface area (Å²) in [5.41, 5.74) is 4.19. The molecule has 6 heteroatoms. The molecule has 0 aromatic heterocycles. The Hall–Kier alpha value is -2.34. The third-order valence-corrected chi connectivity index (χ3v) is 6.20. The quantitative estimate of drug-likeness (QED) is 0.572. The third kappa shape index (κ3) is 6.33. The molecule has 30 heavy (non-hydrogen) atoms. The zero-order valence-electron chi connectivity index (χ0n) is 18.4. The number of halogens is 1. The van der Waals surface area contributed by atoms with Crippen molar-refractivity contribution in [2.45, 2.75) is 53.6 Å². The second kappa shape index (κ2) is 11.2. The van der Waals surface area contributed by atoms with E-state index in [1.54, 1.807) is 4.90 Å². The van der Waals surface area contributed by atoms with Crippen LogP contribution in [0.25, 0.3) is 0 Å². The minimum absolute atomic E-state index is 0.123. The summed E-state index contributed by atoms with van der Waals surface area (Å²) in [5.74, 6) is 0.285. The van der Waals surface area contributed by atoms with E-state index >= 15 is 0 Å². The lowest BCUT2D eigenvalue weighted by atomic mass is 10.1. The molecule has 0 heterocycles. The van der Waals surface area contributed by atoms with E-state index in [1.807, 2.05) is 71.0 Å². The van der Waals surface area contributed by atoms with Crippen LogP contribution in [0.1, 0.15) is 42.5 Å². The zero-order chi connectivity index (χ0) is 22.3. The van der Waals surface area contributed by atoms with E-state index in [9.17, 15) is 9.59 Å². The van der Waals surface area contributed by atoms with Gasteiger partial charge in [0.15, 0.2) is 6.61 Å². The number of benzene rings is 2. The van der Waals surface area contributed by atoms with Gasteiger partial charge in [0.2, 0.25) is 5.91 Å². The standard InChI is InChI=1S/C24H31BrN2O3/c1-6-21(24(29)26-7-2)27(14-19-10-8-9-16(3)11-19)22(28)15-30-20-12-17(4)23(25)18(5)13-20/h8-13,21H,6-7,14-15H2,1-5H3,(H,26,29)/t21-/m0/s1. The van der Waals surface area contributed by atoms with Crippen molar-refractivity contribution in [1.82, 2.24) is 10.2 Å². The van der Waals surface area contributed by atoms with Crippen molar-refractivity contribution in [3.63, 3.8) is 0 Å². The molecule has 1 atom stereocenters. The Morgan fingerprint density at radius 2 is 1.77 bits per heavy atom. The second-order valence-electron chi connectivity index (χ2n) is 7.49. The number of hydrogen-bond donors (Lipinski definition) is 1. The average Bonchev–Trinajstić information content (AvgIpc) is 2.70. The molecule has 0 bridgehead atoms. The molecule has 0 saturated heterocycles. The maximum absolute atomic E-state index is 13.2. The lowest BCUT2D eigenvalue weighted by Gasteiger charge is -2.30. The van der Waals surface area contributed by atoms with E-state index in [4.69, 9.17) is 4.74 Å². The van der Waals surface area contributed by atoms with Crippen LogP contribution in [0.4, 0.5) is 0 Å². The van der Waals surface area contributed by atoms with Crippen molar-refractivity contribution in [3.05, 3.63) is 63.1 Å². The van der Waals surface area contributed by atoms with E-state index in [1.165, 1.54) is 0 Å². The van der Waals surface area contributed by atoms with Crippen LogP contribution in [0.2, 0.25) is 0 Å².